The largest absolute Gasteiger partial charge is 0.468 e. The maximum Gasteiger partial charge on any atom is 0.319 e. The van der Waals surface area contributed by atoms with Crippen molar-refractivity contribution in [1.82, 2.24) is 10.2 Å². The van der Waals surface area contributed by atoms with Crippen molar-refractivity contribution in [2.75, 3.05) is 33.4 Å². The fraction of sp³-hybridized carbons (Fsp3) is 0.846. The summed E-state index contributed by atoms with van der Waals surface area (Å²) in [6.07, 6.45) is 2.19. The van der Waals surface area contributed by atoms with Gasteiger partial charge in [-0.2, -0.15) is 0 Å². The Kier molecular flexibility index (Phi) is 6.80. The molecule has 1 aliphatic rings. The van der Waals surface area contributed by atoms with Gasteiger partial charge in [0.1, 0.15) is 0 Å². The molecule has 0 saturated carbocycles. The summed E-state index contributed by atoms with van der Waals surface area (Å²) >= 11 is 0. The van der Waals surface area contributed by atoms with Crippen molar-refractivity contribution in [3.05, 3.63) is 0 Å². The maximum atomic E-state index is 11.8. The van der Waals surface area contributed by atoms with Gasteiger partial charge in [0.2, 0.25) is 5.91 Å². The van der Waals surface area contributed by atoms with Crippen molar-refractivity contribution < 1.29 is 19.1 Å². The summed E-state index contributed by atoms with van der Waals surface area (Å²) in [5.41, 5.74) is 0. The van der Waals surface area contributed by atoms with E-state index >= 15 is 0 Å². The fourth-order valence-electron chi connectivity index (χ4n) is 1.92. The molecule has 0 spiro atoms. The molecule has 1 fully saturated rings. The van der Waals surface area contributed by atoms with Gasteiger partial charge in [-0.1, -0.05) is 0 Å². The topological polar surface area (TPSA) is 67.9 Å². The van der Waals surface area contributed by atoms with Gasteiger partial charge in [0, 0.05) is 19.2 Å². The first-order valence-corrected chi connectivity index (χ1v) is 6.72. The zero-order valence-electron chi connectivity index (χ0n) is 12.0. The van der Waals surface area contributed by atoms with E-state index in [9.17, 15) is 9.59 Å². The Morgan fingerprint density at radius 3 is 2.68 bits per heavy atom. The van der Waals surface area contributed by atoms with Gasteiger partial charge in [-0.25, -0.2) is 0 Å². The predicted molar refractivity (Wildman–Crippen MR) is 70.7 cm³/mol. The summed E-state index contributed by atoms with van der Waals surface area (Å²) in [5.74, 6) is -0.422. The molecule has 1 amide bonds. The Labute approximate surface area is 114 Å². The van der Waals surface area contributed by atoms with Gasteiger partial charge in [-0.3, -0.25) is 14.5 Å². The molecule has 6 heteroatoms. The zero-order chi connectivity index (χ0) is 14.3. The quantitative estimate of drug-likeness (QED) is 0.669. The summed E-state index contributed by atoms with van der Waals surface area (Å²) in [4.78, 5) is 24.9. The average Bonchev–Trinajstić information content (AvgIpc) is 2.88. The van der Waals surface area contributed by atoms with E-state index in [0.29, 0.717) is 6.54 Å². The summed E-state index contributed by atoms with van der Waals surface area (Å²) in [5, 5.41) is 2.84. The molecule has 0 aromatic rings. The van der Waals surface area contributed by atoms with Crippen LogP contribution in [0.4, 0.5) is 0 Å². The Morgan fingerprint density at radius 1 is 1.42 bits per heavy atom. The fourth-order valence-corrected chi connectivity index (χ4v) is 1.92. The molecule has 0 aromatic heterocycles. The number of rotatable bonds is 7. The van der Waals surface area contributed by atoms with Crippen LogP contribution in [0.5, 0.6) is 0 Å². The first-order valence-electron chi connectivity index (χ1n) is 6.72. The van der Waals surface area contributed by atoms with Crippen molar-refractivity contribution in [3.8, 4) is 0 Å². The highest BCUT2D eigenvalue weighted by Gasteiger charge is 2.20. The summed E-state index contributed by atoms with van der Waals surface area (Å²) in [6.45, 7) is 5.53. The second-order valence-corrected chi connectivity index (χ2v) is 5.01. The van der Waals surface area contributed by atoms with Crippen LogP contribution in [-0.2, 0) is 19.1 Å². The lowest BCUT2D eigenvalue weighted by Crippen LogP contribution is -2.44. The molecule has 1 unspecified atom stereocenters. The van der Waals surface area contributed by atoms with E-state index < -0.39 is 0 Å². The molecule has 1 aliphatic heterocycles. The van der Waals surface area contributed by atoms with Crippen molar-refractivity contribution in [1.29, 1.82) is 0 Å². The normalized spacial score (nSPS) is 18.9. The third kappa shape index (κ3) is 6.02. The van der Waals surface area contributed by atoms with Gasteiger partial charge in [-0.05, 0) is 26.7 Å². The molecule has 0 aromatic carbocycles. The minimum atomic E-state index is -0.333. The van der Waals surface area contributed by atoms with Crippen LogP contribution in [0, 0.1) is 0 Å². The number of hydrogen-bond acceptors (Lipinski definition) is 5. The predicted octanol–water partition coefficient (Wildman–Crippen LogP) is 0.165. The van der Waals surface area contributed by atoms with E-state index in [1.807, 2.05) is 13.8 Å². The Morgan fingerprint density at radius 2 is 2.16 bits per heavy atom. The van der Waals surface area contributed by atoms with E-state index in [-0.39, 0.29) is 37.1 Å². The van der Waals surface area contributed by atoms with Crippen LogP contribution in [0.3, 0.4) is 0 Å². The minimum absolute atomic E-state index is 0.0897. The first kappa shape index (κ1) is 15.9. The molecule has 1 saturated heterocycles. The van der Waals surface area contributed by atoms with Crippen molar-refractivity contribution in [3.63, 3.8) is 0 Å². The number of esters is 1. The van der Waals surface area contributed by atoms with E-state index in [1.165, 1.54) is 7.11 Å². The number of carbonyl (C=O) groups excluding carboxylic acids is 2. The van der Waals surface area contributed by atoms with Crippen LogP contribution in [-0.4, -0.2) is 62.3 Å². The highest BCUT2D eigenvalue weighted by molar-refractivity contribution is 5.79. The van der Waals surface area contributed by atoms with Crippen LogP contribution in [0.1, 0.15) is 26.7 Å². The molecule has 1 N–H and O–H groups in total. The lowest BCUT2D eigenvalue weighted by molar-refractivity contribution is -0.142. The summed E-state index contributed by atoms with van der Waals surface area (Å²) in [6, 6.07) is 0.104. The smallest absolute Gasteiger partial charge is 0.319 e. The molecule has 1 atom stereocenters. The monoisotopic (exact) mass is 272 g/mol. The number of amides is 1. The first-order chi connectivity index (χ1) is 9.02. The number of nitrogens with one attached hydrogen (secondary N) is 1. The van der Waals surface area contributed by atoms with Crippen LogP contribution in [0.2, 0.25) is 0 Å². The van der Waals surface area contributed by atoms with Crippen molar-refractivity contribution in [2.45, 2.75) is 38.8 Å². The molecule has 6 nitrogen and oxygen atoms in total. The second-order valence-electron chi connectivity index (χ2n) is 5.01. The van der Waals surface area contributed by atoms with E-state index in [0.717, 1.165) is 19.4 Å². The summed E-state index contributed by atoms with van der Waals surface area (Å²) in [7, 11) is 1.35. The number of ether oxygens (including phenoxy) is 2. The Bertz CT molecular complexity index is 301. The molecule has 19 heavy (non-hydrogen) atoms. The molecular formula is C13H24N2O4. The number of hydrogen-bond donors (Lipinski definition) is 1. The molecule has 110 valence electrons. The Hall–Kier alpha value is -1.14. The van der Waals surface area contributed by atoms with Crippen LogP contribution in [0.25, 0.3) is 0 Å². The van der Waals surface area contributed by atoms with Gasteiger partial charge in [0.05, 0.1) is 26.3 Å². The molecule has 0 radical (unpaired) electrons. The van der Waals surface area contributed by atoms with Crippen LogP contribution < -0.4 is 5.32 Å². The standard InChI is InChI=1S/C13H24N2O4/c1-10(2)15(9-13(17)18-3)8-12(16)14-7-11-5-4-6-19-11/h10-11H,4-9H2,1-3H3,(H,14,16). The number of nitrogens with zero attached hydrogens (tertiary/aromatic N) is 1. The Balaban J connectivity index is 2.31. The lowest BCUT2D eigenvalue weighted by Gasteiger charge is -2.24. The van der Waals surface area contributed by atoms with Crippen molar-refractivity contribution >= 4 is 11.9 Å². The van der Waals surface area contributed by atoms with E-state index in [1.54, 1.807) is 4.90 Å². The van der Waals surface area contributed by atoms with Gasteiger partial charge in [0.25, 0.3) is 0 Å². The van der Waals surface area contributed by atoms with Crippen LogP contribution >= 0.6 is 0 Å². The second kappa shape index (κ2) is 8.12. The third-order valence-electron chi connectivity index (χ3n) is 3.19. The van der Waals surface area contributed by atoms with Gasteiger partial charge in [0.15, 0.2) is 0 Å². The highest BCUT2D eigenvalue weighted by Crippen LogP contribution is 2.10. The maximum absolute atomic E-state index is 11.8. The van der Waals surface area contributed by atoms with Gasteiger partial charge >= 0.3 is 5.97 Å². The molecule has 1 heterocycles. The van der Waals surface area contributed by atoms with E-state index in [2.05, 4.69) is 10.1 Å². The molecular weight excluding hydrogens is 248 g/mol. The molecule has 0 bridgehead atoms. The molecule has 1 rings (SSSR count). The third-order valence-corrected chi connectivity index (χ3v) is 3.19. The van der Waals surface area contributed by atoms with Crippen molar-refractivity contribution in [2.24, 2.45) is 0 Å². The highest BCUT2D eigenvalue weighted by atomic mass is 16.5. The zero-order valence-corrected chi connectivity index (χ0v) is 12.0. The SMILES string of the molecule is COC(=O)CN(CC(=O)NCC1CCCO1)C(C)C. The number of methoxy groups -OCH3 is 1. The lowest BCUT2D eigenvalue weighted by atomic mass is 10.2. The summed E-state index contributed by atoms with van der Waals surface area (Å²) < 4.78 is 10.1. The number of carbonyl (C=O) groups is 2. The van der Waals surface area contributed by atoms with Crippen LogP contribution in [0.15, 0.2) is 0 Å². The van der Waals surface area contributed by atoms with Gasteiger partial charge in [-0.15, -0.1) is 0 Å². The molecule has 0 aliphatic carbocycles. The minimum Gasteiger partial charge on any atom is -0.468 e. The average molecular weight is 272 g/mol. The van der Waals surface area contributed by atoms with E-state index in [4.69, 9.17) is 4.74 Å². The van der Waals surface area contributed by atoms with Gasteiger partial charge < -0.3 is 14.8 Å².